The van der Waals surface area contributed by atoms with E-state index in [1.165, 1.54) is 0 Å². The molecule has 0 N–H and O–H groups in total. The van der Waals surface area contributed by atoms with E-state index in [0.29, 0.717) is 0 Å². The molecule has 0 heterocycles. The maximum atomic E-state index is 13.8. The van der Waals surface area contributed by atoms with Crippen LogP contribution in [0.2, 0.25) is 0 Å². The third-order valence-corrected chi connectivity index (χ3v) is 3.81. The Kier molecular flexibility index (Phi) is 5.06. The van der Waals surface area contributed by atoms with Gasteiger partial charge in [0.15, 0.2) is 6.61 Å². The van der Waals surface area contributed by atoms with Crippen molar-refractivity contribution in [3.8, 4) is 0 Å². The molecule has 1 saturated carbocycles. The molecule has 19 heteroatoms. The summed E-state index contributed by atoms with van der Waals surface area (Å²) in [6.07, 6.45) is -5.68. The third-order valence-electron chi connectivity index (χ3n) is 2.97. The molecular weight excluding hydrogens is 458 g/mol. The largest absolute Gasteiger partial charge is 0.413 e. The van der Waals surface area contributed by atoms with Crippen molar-refractivity contribution >= 4 is 10.4 Å². The van der Waals surface area contributed by atoms with Crippen LogP contribution in [0.25, 0.3) is 0 Å². The molecular formula is C8H2F14O4S. The van der Waals surface area contributed by atoms with Crippen molar-refractivity contribution in [3.63, 3.8) is 0 Å². The van der Waals surface area contributed by atoms with E-state index in [1.54, 1.807) is 0 Å². The van der Waals surface area contributed by atoms with E-state index >= 15 is 0 Å². The van der Waals surface area contributed by atoms with Crippen LogP contribution in [0, 0.1) is 0 Å². The van der Waals surface area contributed by atoms with E-state index in [0.717, 1.165) is 0 Å². The zero-order valence-corrected chi connectivity index (χ0v) is 12.4. The van der Waals surface area contributed by atoms with Gasteiger partial charge in [-0.15, -0.1) is 0 Å². The zero-order valence-electron chi connectivity index (χ0n) is 11.5. The molecule has 27 heavy (non-hydrogen) atoms. The number of alkyl halides is 14. The molecule has 0 spiro atoms. The minimum atomic E-state index is -7.71. The molecule has 0 atom stereocenters. The monoisotopic (exact) mass is 460 g/mol. The number of rotatable bonds is 4. The van der Waals surface area contributed by atoms with Gasteiger partial charge in [0.05, 0.1) is 0 Å². The standard InChI is InChI=1S/C8H2F14O4S/c9-2(10,11)1-25-27(23,24)26-8(22)6(18,19)4(14,15)3(12,13)5(16,17)7(8,20)21/h1H2. The van der Waals surface area contributed by atoms with Crippen LogP contribution >= 0.6 is 0 Å². The highest BCUT2D eigenvalue weighted by Crippen LogP contribution is 2.69. The molecule has 1 aliphatic carbocycles. The summed E-state index contributed by atoms with van der Waals surface area (Å²) < 4.78 is 206. The molecule has 1 fully saturated rings. The average molecular weight is 460 g/mol. The van der Waals surface area contributed by atoms with Gasteiger partial charge in [0.2, 0.25) is 0 Å². The second kappa shape index (κ2) is 5.71. The lowest BCUT2D eigenvalue weighted by Crippen LogP contribution is -2.84. The van der Waals surface area contributed by atoms with Crippen LogP contribution in [0.1, 0.15) is 0 Å². The molecule has 0 radical (unpaired) electrons. The van der Waals surface area contributed by atoms with Crippen LogP contribution in [0.15, 0.2) is 0 Å². The molecule has 0 unspecified atom stereocenters. The summed E-state index contributed by atoms with van der Waals surface area (Å²) in [5.74, 6) is -45.9. The van der Waals surface area contributed by atoms with Gasteiger partial charge in [0, 0.05) is 0 Å². The molecule has 1 aliphatic rings. The van der Waals surface area contributed by atoms with Crippen LogP contribution in [0.5, 0.6) is 0 Å². The van der Waals surface area contributed by atoms with Gasteiger partial charge in [-0.05, 0) is 0 Å². The second-order valence-electron chi connectivity index (χ2n) is 4.84. The van der Waals surface area contributed by atoms with Crippen molar-refractivity contribution in [1.82, 2.24) is 0 Å². The van der Waals surface area contributed by atoms with Crippen molar-refractivity contribution < 1.29 is 78.2 Å². The first-order chi connectivity index (χ1) is 11.4. The lowest BCUT2D eigenvalue weighted by molar-refractivity contribution is -0.513. The summed E-state index contributed by atoms with van der Waals surface area (Å²) in [5.41, 5.74) is 0. The van der Waals surface area contributed by atoms with Crippen LogP contribution in [-0.4, -0.2) is 56.7 Å². The van der Waals surface area contributed by atoms with Gasteiger partial charge < -0.3 is 0 Å². The topological polar surface area (TPSA) is 52.6 Å². The highest BCUT2D eigenvalue weighted by molar-refractivity contribution is 7.81. The van der Waals surface area contributed by atoms with Gasteiger partial charge in [-0.25, -0.2) is 4.18 Å². The highest BCUT2D eigenvalue weighted by atomic mass is 32.3. The van der Waals surface area contributed by atoms with Gasteiger partial charge in [-0.2, -0.15) is 74.1 Å². The summed E-state index contributed by atoms with van der Waals surface area (Å²) in [6.45, 7) is -3.09. The fraction of sp³-hybridized carbons (Fsp3) is 1.00. The molecule has 1 rings (SSSR count). The van der Waals surface area contributed by atoms with Crippen molar-refractivity contribution in [2.24, 2.45) is 0 Å². The van der Waals surface area contributed by atoms with E-state index in [9.17, 15) is 69.9 Å². The fourth-order valence-electron chi connectivity index (χ4n) is 1.60. The number of halogens is 14. The third kappa shape index (κ3) is 3.00. The Morgan fingerprint density at radius 1 is 0.630 bits per heavy atom. The van der Waals surface area contributed by atoms with Gasteiger partial charge in [-0.1, -0.05) is 0 Å². The first-order valence-corrected chi connectivity index (χ1v) is 6.99. The van der Waals surface area contributed by atoms with Crippen LogP contribution in [0.4, 0.5) is 61.5 Å². The maximum absolute atomic E-state index is 13.8. The molecule has 0 aromatic heterocycles. The SMILES string of the molecule is O=S(=O)(OCC(F)(F)F)OC1(F)C(F)(F)C(F)(F)C(F)(F)C(F)(F)C1(F)F. The van der Waals surface area contributed by atoms with Crippen LogP contribution in [-0.2, 0) is 18.8 Å². The summed E-state index contributed by atoms with van der Waals surface area (Å²) in [7, 11) is -7.12. The predicted octanol–water partition coefficient (Wildman–Crippen LogP) is 3.68. The smallest absolute Gasteiger partial charge is 0.239 e. The fourth-order valence-corrected chi connectivity index (χ4v) is 2.42. The molecule has 0 saturated heterocycles. The Balaban J connectivity index is 3.59. The lowest BCUT2D eigenvalue weighted by Gasteiger charge is -2.51. The summed E-state index contributed by atoms with van der Waals surface area (Å²) in [4.78, 5) is 0. The summed E-state index contributed by atoms with van der Waals surface area (Å²) in [6, 6.07) is 0. The number of hydrogen-bond donors (Lipinski definition) is 0. The quantitative estimate of drug-likeness (QED) is 0.601. The number of hydrogen-bond acceptors (Lipinski definition) is 4. The van der Waals surface area contributed by atoms with E-state index in [1.807, 2.05) is 4.18 Å². The summed E-state index contributed by atoms with van der Waals surface area (Å²) in [5, 5.41) is 0. The zero-order chi connectivity index (χ0) is 22.1. The Morgan fingerprint density at radius 2 is 0.926 bits per heavy atom. The Labute approximate surface area is 138 Å². The molecule has 0 aromatic carbocycles. The first-order valence-electron chi connectivity index (χ1n) is 5.66. The van der Waals surface area contributed by atoms with E-state index < -0.39 is 58.6 Å². The molecule has 0 bridgehead atoms. The lowest BCUT2D eigenvalue weighted by atomic mass is 9.79. The highest BCUT2D eigenvalue weighted by Gasteiger charge is 3.02. The van der Waals surface area contributed by atoms with Crippen molar-refractivity contribution in [1.29, 1.82) is 0 Å². The molecule has 4 nitrogen and oxygen atoms in total. The van der Waals surface area contributed by atoms with Crippen LogP contribution in [0.3, 0.4) is 0 Å². The van der Waals surface area contributed by atoms with Crippen molar-refractivity contribution in [2.75, 3.05) is 6.61 Å². The van der Waals surface area contributed by atoms with Crippen molar-refractivity contribution in [3.05, 3.63) is 0 Å². The van der Waals surface area contributed by atoms with E-state index in [4.69, 9.17) is 0 Å². The van der Waals surface area contributed by atoms with Gasteiger partial charge in [0.25, 0.3) is 0 Å². The Hall–Kier alpha value is -1.11. The van der Waals surface area contributed by atoms with Gasteiger partial charge in [-0.3, -0.25) is 0 Å². The summed E-state index contributed by atoms with van der Waals surface area (Å²) >= 11 is 0. The Morgan fingerprint density at radius 3 is 1.22 bits per heavy atom. The van der Waals surface area contributed by atoms with E-state index in [-0.39, 0.29) is 0 Å². The van der Waals surface area contributed by atoms with Gasteiger partial charge >= 0.3 is 52.0 Å². The maximum Gasteiger partial charge on any atom is 0.413 e. The van der Waals surface area contributed by atoms with Crippen LogP contribution < -0.4 is 0 Å². The Bertz CT molecular complexity index is 664. The molecule has 0 amide bonds. The average Bonchev–Trinajstić information content (AvgIpc) is 2.42. The normalized spacial score (nSPS) is 27.9. The van der Waals surface area contributed by atoms with Crippen molar-refractivity contribution in [2.45, 2.75) is 41.6 Å². The molecule has 0 aromatic rings. The molecule has 0 aliphatic heterocycles. The minimum Gasteiger partial charge on any atom is -0.239 e. The second-order valence-corrected chi connectivity index (χ2v) is 6.06. The minimum absolute atomic E-state index is 2.05. The molecule has 162 valence electrons. The van der Waals surface area contributed by atoms with E-state index in [2.05, 4.69) is 4.18 Å². The van der Waals surface area contributed by atoms with Gasteiger partial charge in [0.1, 0.15) is 0 Å². The first kappa shape index (κ1) is 23.9. The predicted molar refractivity (Wildman–Crippen MR) is 50.6 cm³/mol.